The first-order valence-electron chi connectivity index (χ1n) is 10.8. The highest BCUT2D eigenvalue weighted by Crippen LogP contribution is 2.35. The van der Waals surface area contributed by atoms with Gasteiger partial charge in [-0.1, -0.05) is 23.2 Å². The predicted molar refractivity (Wildman–Crippen MR) is 131 cm³/mol. The highest BCUT2D eigenvalue weighted by Gasteiger charge is 2.29. The fraction of sp³-hybridized carbons (Fsp3) is 0.231. The van der Waals surface area contributed by atoms with E-state index in [9.17, 15) is 0 Å². The van der Waals surface area contributed by atoms with Gasteiger partial charge in [0.05, 0.1) is 31.5 Å². The quantitative estimate of drug-likeness (QED) is 0.392. The summed E-state index contributed by atoms with van der Waals surface area (Å²) in [5.41, 5.74) is 5.88. The molecule has 3 aromatic carbocycles. The SMILES string of the molecule is COc1ccc2[nH]c3c(c2c1)CC[NH2+][C@@H]3c1ccc(OC)c(COc2ccc(Cl)cc2Cl)c1. The zero-order valence-corrected chi connectivity index (χ0v) is 20.0. The van der Waals surface area contributed by atoms with E-state index in [1.165, 1.54) is 22.2 Å². The lowest BCUT2D eigenvalue weighted by Crippen LogP contribution is -2.87. The Kier molecular flexibility index (Phi) is 6.11. The second-order valence-corrected chi connectivity index (χ2v) is 8.96. The molecule has 4 aromatic rings. The van der Waals surface area contributed by atoms with Gasteiger partial charge in [-0.15, -0.1) is 0 Å². The summed E-state index contributed by atoms with van der Waals surface area (Å²) in [5.74, 6) is 2.24. The molecule has 170 valence electrons. The Hall–Kier alpha value is -2.86. The van der Waals surface area contributed by atoms with Gasteiger partial charge < -0.3 is 24.5 Å². The van der Waals surface area contributed by atoms with Crippen LogP contribution >= 0.6 is 23.2 Å². The van der Waals surface area contributed by atoms with E-state index >= 15 is 0 Å². The van der Waals surface area contributed by atoms with Crippen molar-refractivity contribution in [2.75, 3.05) is 20.8 Å². The molecule has 5 rings (SSSR count). The number of H-pyrrole nitrogens is 1. The van der Waals surface area contributed by atoms with E-state index in [2.05, 4.69) is 34.6 Å². The lowest BCUT2D eigenvalue weighted by Gasteiger charge is -2.22. The van der Waals surface area contributed by atoms with E-state index in [4.69, 9.17) is 37.4 Å². The highest BCUT2D eigenvalue weighted by molar-refractivity contribution is 6.35. The summed E-state index contributed by atoms with van der Waals surface area (Å²) in [6, 6.07) is 17.9. The fourth-order valence-corrected chi connectivity index (χ4v) is 5.04. The first-order valence-corrected chi connectivity index (χ1v) is 11.6. The number of aromatic nitrogens is 1. The molecular weight excluding hydrogens is 459 g/mol. The number of benzene rings is 3. The van der Waals surface area contributed by atoms with Gasteiger partial charge in [-0.25, -0.2) is 0 Å². The third kappa shape index (κ3) is 4.24. The van der Waals surface area contributed by atoms with Crippen LogP contribution in [0.15, 0.2) is 54.6 Å². The molecule has 1 aromatic heterocycles. The van der Waals surface area contributed by atoms with Crippen LogP contribution in [-0.4, -0.2) is 25.7 Å². The number of methoxy groups -OCH3 is 2. The Morgan fingerprint density at radius 1 is 0.970 bits per heavy atom. The zero-order chi connectivity index (χ0) is 22.9. The molecule has 0 bridgehead atoms. The van der Waals surface area contributed by atoms with Crippen molar-refractivity contribution < 1.29 is 19.5 Å². The van der Waals surface area contributed by atoms with Crippen LogP contribution in [0.25, 0.3) is 10.9 Å². The van der Waals surface area contributed by atoms with Gasteiger partial charge in [-0.05, 0) is 60.2 Å². The van der Waals surface area contributed by atoms with Crippen molar-refractivity contribution in [3.05, 3.63) is 87.0 Å². The van der Waals surface area contributed by atoms with Gasteiger partial charge in [0.25, 0.3) is 0 Å². The second-order valence-electron chi connectivity index (χ2n) is 8.12. The number of hydrogen-bond donors (Lipinski definition) is 2. The van der Waals surface area contributed by atoms with Crippen LogP contribution in [0.5, 0.6) is 17.2 Å². The smallest absolute Gasteiger partial charge is 0.153 e. The van der Waals surface area contributed by atoms with Gasteiger partial charge in [0.15, 0.2) is 6.04 Å². The Balaban J connectivity index is 1.48. The Morgan fingerprint density at radius 3 is 2.61 bits per heavy atom. The standard InChI is InChI=1S/C26H24Cl2N2O3/c1-31-18-5-6-22-20(13-18)19-9-10-29-25(26(19)30-22)15-3-7-23(32-2)16(11-15)14-33-24-8-4-17(27)12-21(24)28/h3-8,11-13,25,29-30H,9-10,14H2,1-2H3/p+1/t25-/m1/s1. The van der Waals surface area contributed by atoms with Crippen LogP contribution in [0.1, 0.15) is 28.4 Å². The third-order valence-corrected chi connectivity index (χ3v) is 6.73. The Morgan fingerprint density at radius 2 is 1.82 bits per heavy atom. The monoisotopic (exact) mass is 483 g/mol. The number of aromatic amines is 1. The summed E-state index contributed by atoms with van der Waals surface area (Å²) < 4.78 is 17.1. The lowest BCUT2D eigenvalue weighted by molar-refractivity contribution is -0.690. The van der Waals surface area contributed by atoms with Crippen molar-refractivity contribution in [2.24, 2.45) is 0 Å². The first-order chi connectivity index (χ1) is 16.1. The average molecular weight is 484 g/mol. The van der Waals surface area contributed by atoms with Crippen molar-refractivity contribution in [1.29, 1.82) is 0 Å². The van der Waals surface area contributed by atoms with Gasteiger partial charge in [0, 0.05) is 33.5 Å². The molecule has 2 heterocycles. The van der Waals surface area contributed by atoms with Crippen molar-refractivity contribution in [2.45, 2.75) is 19.1 Å². The minimum Gasteiger partial charge on any atom is -0.497 e. The highest BCUT2D eigenvalue weighted by atomic mass is 35.5. The second kappa shape index (κ2) is 9.18. The minimum atomic E-state index is 0.163. The fourth-order valence-electron chi connectivity index (χ4n) is 4.58. The third-order valence-electron chi connectivity index (χ3n) is 6.19. The number of nitrogens with one attached hydrogen (secondary N) is 1. The largest absolute Gasteiger partial charge is 0.497 e. The molecule has 0 unspecified atom stereocenters. The normalized spacial score (nSPS) is 15.3. The average Bonchev–Trinajstić information content (AvgIpc) is 3.21. The maximum Gasteiger partial charge on any atom is 0.153 e. The molecule has 0 aliphatic carbocycles. The van der Waals surface area contributed by atoms with Crippen molar-refractivity contribution in [3.8, 4) is 17.2 Å². The van der Waals surface area contributed by atoms with E-state index < -0.39 is 0 Å². The molecule has 1 atom stereocenters. The summed E-state index contributed by atoms with van der Waals surface area (Å²) in [6.45, 7) is 1.35. The van der Waals surface area contributed by atoms with E-state index in [-0.39, 0.29) is 6.04 Å². The topological polar surface area (TPSA) is 60.1 Å². The van der Waals surface area contributed by atoms with Gasteiger partial charge in [-0.3, -0.25) is 0 Å². The van der Waals surface area contributed by atoms with E-state index in [1.807, 2.05) is 12.1 Å². The molecule has 3 N–H and O–H groups in total. The molecule has 1 aliphatic rings. The first kappa shape index (κ1) is 22.0. The van der Waals surface area contributed by atoms with Crippen LogP contribution < -0.4 is 19.5 Å². The molecule has 0 saturated carbocycles. The van der Waals surface area contributed by atoms with Crippen LogP contribution in [0, 0.1) is 0 Å². The summed E-state index contributed by atoms with van der Waals surface area (Å²) in [5, 5.41) is 4.66. The van der Waals surface area contributed by atoms with Gasteiger partial charge in [0.2, 0.25) is 0 Å². The Labute approximate surface area is 202 Å². The number of halogens is 2. The number of hydrogen-bond acceptors (Lipinski definition) is 3. The van der Waals surface area contributed by atoms with E-state index in [0.29, 0.717) is 22.4 Å². The van der Waals surface area contributed by atoms with E-state index in [0.717, 1.165) is 35.5 Å². The summed E-state index contributed by atoms with van der Waals surface area (Å²) >= 11 is 12.3. The number of fused-ring (bicyclic) bond motifs is 3. The molecule has 0 radical (unpaired) electrons. The lowest BCUT2D eigenvalue weighted by atomic mass is 9.93. The van der Waals surface area contributed by atoms with Gasteiger partial charge >= 0.3 is 0 Å². The predicted octanol–water partition coefficient (Wildman–Crippen LogP) is 5.28. The number of ether oxygens (including phenoxy) is 3. The van der Waals surface area contributed by atoms with Crippen molar-refractivity contribution in [1.82, 2.24) is 4.98 Å². The number of nitrogens with two attached hydrogens (primary N) is 1. The summed E-state index contributed by atoms with van der Waals surface area (Å²) in [7, 11) is 3.37. The number of rotatable bonds is 6. The molecule has 5 nitrogen and oxygen atoms in total. The van der Waals surface area contributed by atoms with Gasteiger partial charge in [-0.2, -0.15) is 0 Å². The molecular formula is C26H25Cl2N2O3+. The molecule has 0 fully saturated rings. The Bertz CT molecular complexity index is 1320. The molecule has 0 amide bonds. The molecule has 0 saturated heterocycles. The van der Waals surface area contributed by atoms with Crippen molar-refractivity contribution >= 4 is 34.1 Å². The van der Waals surface area contributed by atoms with E-state index in [1.54, 1.807) is 32.4 Å². The number of quaternary nitrogens is 1. The molecule has 1 aliphatic heterocycles. The van der Waals surface area contributed by atoms with Crippen molar-refractivity contribution in [3.63, 3.8) is 0 Å². The van der Waals surface area contributed by atoms with Crippen LogP contribution in [-0.2, 0) is 13.0 Å². The van der Waals surface area contributed by atoms with Gasteiger partial charge in [0.1, 0.15) is 23.9 Å². The van der Waals surface area contributed by atoms with Crippen LogP contribution in [0.2, 0.25) is 10.0 Å². The van der Waals surface area contributed by atoms with Crippen LogP contribution in [0.4, 0.5) is 0 Å². The molecule has 7 heteroatoms. The van der Waals surface area contributed by atoms with Crippen LogP contribution in [0.3, 0.4) is 0 Å². The summed E-state index contributed by atoms with van der Waals surface area (Å²) in [4.78, 5) is 3.66. The minimum absolute atomic E-state index is 0.163. The molecule has 33 heavy (non-hydrogen) atoms. The maximum atomic E-state index is 6.28. The maximum absolute atomic E-state index is 6.28. The summed E-state index contributed by atoms with van der Waals surface area (Å²) in [6.07, 6.45) is 1.01. The zero-order valence-electron chi connectivity index (χ0n) is 18.5. The molecule has 0 spiro atoms.